The highest BCUT2D eigenvalue weighted by molar-refractivity contribution is 9.10. The van der Waals surface area contributed by atoms with Gasteiger partial charge < -0.3 is 5.11 Å². The SMILES string of the molecule is OC(Cc1cc(Br)cs1)C1Cc2ccccc2S1. The molecule has 3 rings (SSSR count). The van der Waals surface area contributed by atoms with Crippen molar-refractivity contribution in [1.82, 2.24) is 0 Å². The quantitative estimate of drug-likeness (QED) is 0.906. The Morgan fingerprint density at radius 1 is 1.39 bits per heavy atom. The van der Waals surface area contributed by atoms with Crippen LogP contribution in [0.2, 0.25) is 0 Å². The number of aliphatic hydroxyl groups is 1. The molecule has 0 saturated carbocycles. The number of hydrogen-bond acceptors (Lipinski definition) is 3. The van der Waals surface area contributed by atoms with Gasteiger partial charge in [-0.25, -0.2) is 0 Å². The molecule has 0 fully saturated rings. The van der Waals surface area contributed by atoms with E-state index < -0.39 is 0 Å². The summed E-state index contributed by atoms with van der Waals surface area (Å²) in [6.45, 7) is 0. The van der Waals surface area contributed by atoms with Crippen molar-refractivity contribution in [2.24, 2.45) is 0 Å². The Balaban J connectivity index is 1.67. The predicted molar refractivity (Wildman–Crippen MR) is 81.5 cm³/mol. The van der Waals surface area contributed by atoms with Gasteiger partial charge in [0.15, 0.2) is 0 Å². The van der Waals surface area contributed by atoms with Gasteiger partial charge >= 0.3 is 0 Å². The molecule has 0 saturated heterocycles. The maximum atomic E-state index is 10.4. The first kappa shape index (κ1) is 12.7. The minimum absolute atomic E-state index is 0.270. The van der Waals surface area contributed by atoms with Gasteiger partial charge in [0.05, 0.1) is 6.10 Å². The summed E-state index contributed by atoms with van der Waals surface area (Å²) < 4.78 is 1.11. The van der Waals surface area contributed by atoms with Crippen molar-refractivity contribution >= 4 is 39.0 Å². The molecule has 18 heavy (non-hydrogen) atoms. The van der Waals surface area contributed by atoms with Crippen molar-refractivity contribution in [2.75, 3.05) is 0 Å². The largest absolute Gasteiger partial charge is 0.392 e. The van der Waals surface area contributed by atoms with E-state index in [2.05, 4.69) is 51.6 Å². The third-order valence-electron chi connectivity index (χ3n) is 3.13. The number of fused-ring (bicyclic) bond motifs is 1. The molecular weight excluding hydrogens is 328 g/mol. The second-order valence-corrected chi connectivity index (χ2v) is 7.66. The average Bonchev–Trinajstić information content (AvgIpc) is 2.95. The van der Waals surface area contributed by atoms with E-state index in [1.165, 1.54) is 15.3 Å². The van der Waals surface area contributed by atoms with Gasteiger partial charge in [0.2, 0.25) is 0 Å². The fraction of sp³-hybridized carbons (Fsp3) is 0.286. The maximum Gasteiger partial charge on any atom is 0.0713 e. The minimum atomic E-state index is -0.270. The minimum Gasteiger partial charge on any atom is -0.392 e. The molecule has 0 amide bonds. The third-order valence-corrected chi connectivity index (χ3v) is 6.29. The van der Waals surface area contributed by atoms with Crippen LogP contribution in [0.4, 0.5) is 0 Å². The smallest absolute Gasteiger partial charge is 0.0713 e. The van der Waals surface area contributed by atoms with E-state index >= 15 is 0 Å². The lowest BCUT2D eigenvalue weighted by atomic mass is 10.0. The topological polar surface area (TPSA) is 20.2 Å². The molecule has 0 aliphatic carbocycles. The first-order chi connectivity index (χ1) is 8.72. The number of halogens is 1. The van der Waals surface area contributed by atoms with Crippen LogP contribution in [0, 0.1) is 0 Å². The van der Waals surface area contributed by atoms with Gasteiger partial charge in [-0.1, -0.05) is 18.2 Å². The highest BCUT2D eigenvalue weighted by atomic mass is 79.9. The highest BCUT2D eigenvalue weighted by Gasteiger charge is 2.28. The van der Waals surface area contributed by atoms with Crippen molar-refractivity contribution in [2.45, 2.75) is 29.1 Å². The Kier molecular flexibility index (Phi) is 3.80. The average molecular weight is 341 g/mol. The summed E-state index contributed by atoms with van der Waals surface area (Å²) in [5.74, 6) is 0. The van der Waals surface area contributed by atoms with Crippen molar-refractivity contribution in [3.05, 3.63) is 50.6 Å². The standard InChI is InChI=1S/C14H13BrOS2/c15-10-6-11(17-8-10)7-12(16)14-5-9-3-1-2-4-13(9)18-14/h1-4,6,8,12,14,16H,5,7H2. The molecule has 0 radical (unpaired) electrons. The number of thioether (sulfide) groups is 1. The van der Waals surface area contributed by atoms with E-state index in [1.54, 1.807) is 11.3 Å². The zero-order chi connectivity index (χ0) is 12.5. The highest BCUT2D eigenvalue weighted by Crippen LogP contribution is 2.39. The lowest BCUT2D eigenvalue weighted by Crippen LogP contribution is -2.24. The fourth-order valence-corrected chi connectivity index (χ4v) is 5.03. The second kappa shape index (κ2) is 5.37. The summed E-state index contributed by atoms with van der Waals surface area (Å²) in [5, 5.41) is 12.7. The van der Waals surface area contributed by atoms with Crippen LogP contribution < -0.4 is 0 Å². The first-order valence-corrected chi connectivity index (χ1v) is 8.43. The predicted octanol–water partition coefficient (Wildman–Crippen LogP) is 4.13. The summed E-state index contributed by atoms with van der Waals surface area (Å²) in [7, 11) is 0. The van der Waals surface area contributed by atoms with Crippen LogP contribution >= 0.6 is 39.0 Å². The van der Waals surface area contributed by atoms with Crippen LogP contribution in [-0.4, -0.2) is 16.5 Å². The summed E-state index contributed by atoms with van der Waals surface area (Å²) in [6, 6.07) is 10.5. The molecule has 2 heterocycles. The number of hydrogen-bond donors (Lipinski definition) is 1. The van der Waals surface area contributed by atoms with Crippen molar-refractivity contribution < 1.29 is 5.11 Å². The van der Waals surface area contributed by atoms with Gasteiger partial charge in [0.25, 0.3) is 0 Å². The molecule has 1 N–H and O–H groups in total. The normalized spacial score (nSPS) is 19.8. The molecule has 1 aliphatic heterocycles. The van der Waals surface area contributed by atoms with Crippen molar-refractivity contribution in [1.29, 1.82) is 0 Å². The van der Waals surface area contributed by atoms with E-state index in [-0.39, 0.29) is 6.10 Å². The first-order valence-electron chi connectivity index (χ1n) is 5.88. The molecule has 2 unspecified atom stereocenters. The zero-order valence-corrected chi connectivity index (χ0v) is 12.9. The Bertz CT molecular complexity index is 527. The molecule has 1 aliphatic rings. The Hall–Kier alpha value is -0.290. The van der Waals surface area contributed by atoms with Crippen LogP contribution in [-0.2, 0) is 12.8 Å². The van der Waals surface area contributed by atoms with E-state index in [0.29, 0.717) is 5.25 Å². The van der Waals surface area contributed by atoms with E-state index in [0.717, 1.165) is 17.3 Å². The molecular formula is C14H13BrOS2. The lowest BCUT2D eigenvalue weighted by molar-refractivity contribution is 0.173. The monoisotopic (exact) mass is 340 g/mol. The molecule has 1 aromatic heterocycles. The van der Waals surface area contributed by atoms with Crippen LogP contribution in [0.3, 0.4) is 0 Å². The van der Waals surface area contributed by atoms with Crippen molar-refractivity contribution in [3.8, 4) is 0 Å². The third kappa shape index (κ3) is 2.67. The van der Waals surface area contributed by atoms with E-state index in [4.69, 9.17) is 0 Å². The van der Waals surface area contributed by atoms with Gasteiger partial charge in [-0.2, -0.15) is 0 Å². The van der Waals surface area contributed by atoms with Crippen molar-refractivity contribution in [3.63, 3.8) is 0 Å². The Morgan fingerprint density at radius 3 is 2.94 bits per heavy atom. The van der Waals surface area contributed by atoms with Crippen LogP contribution in [0.5, 0.6) is 0 Å². The Labute approximate surface area is 123 Å². The summed E-state index contributed by atoms with van der Waals surface area (Å²) in [5.41, 5.74) is 1.37. The molecule has 0 spiro atoms. The van der Waals surface area contributed by atoms with Gasteiger partial charge in [-0.15, -0.1) is 23.1 Å². The van der Waals surface area contributed by atoms with Gasteiger partial charge in [0, 0.05) is 31.3 Å². The molecule has 1 nitrogen and oxygen atoms in total. The molecule has 1 aromatic carbocycles. The van der Waals surface area contributed by atoms with E-state index in [1.807, 2.05) is 11.8 Å². The molecule has 94 valence electrons. The number of rotatable bonds is 3. The summed E-state index contributed by atoms with van der Waals surface area (Å²) in [4.78, 5) is 2.57. The summed E-state index contributed by atoms with van der Waals surface area (Å²) >= 11 is 6.97. The fourth-order valence-electron chi connectivity index (χ4n) is 2.22. The number of benzene rings is 1. The van der Waals surface area contributed by atoms with Gasteiger partial charge in [0.1, 0.15) is 0 Å². The molecule has 2 atom stereocenters. The zero-order valence-electron chi connectivity index (χ0n) is 9.67. The Morgan fingerprint density at radius 2 is 2.22 bits per heavy atom. The molecule has 0 bridgehead atoms. The summed E-state index contributed by atoms with van der Waals surface area (Å²) in [6.07, 6.45) is 1.46. The molecule has 2 aromatic rings. The maximum absolute atomic E-state index is 10.4. The lowest BCUT2D eigenvalue weighted by Gasteiger charge is -2.15. The second-order valence-electron chi connectivity index (χ2n) is 4.47. The van der Waals surface area contributed by atoms with Crippen LogP contribution in [0.1, 0.15) is 10.4 Å². The molecule has 4 heteroatoms. The van der Waals surface area contributed by atoms with Gasteiger partial charge in [-0.3, -0.25) is 0 Å². The number of aliphatic hydroxyl groups excluding tert-OH is 1. The van der Waals surface area contributed by atoms with Gasteiger partial charge in [-0.05, 0) is 40.0 Å². The van der Waals surface area contributed by atoms with Crippen LogP contribution in [0.25, 0.3) is 0 Å². The van der Waals surface area contributed by atoms with E-state index in [9.17, 15) is 5.11 Å². The van der Waals surface area contributed by atoms with Crippen LogP contribution in [0.15, 0.2) is 45.1 Å². The number of thiophene rings is 1.